The van der Waals surface area contributed by atoms with Crippen molar-refractivity contribution >= 4 is 23.2 Å². The van der Waals surface area contributed by atoms with Crippen LogP contribution in [0.15, 0.2) is 95.8 Å². The number of aliphatic hydroxyl groups excluding tert-OH is 1. The summed E-state index contributed by atoms with van der Waals surface area (Å²) in [4.78, 5) is 42.8. The van der Waals surface area contributed by atoms with Gasteiger partial charge in [0.05, 0.1) is 11.6 Å². The molecule has 0 aliphatic heterocycles. The molecule has 1 amide bonds. The molecule has 0 bridgehead atoms. The highest BCUT2D eigenvalue weighted by atomic mass is 16.5. The van der Waals surface area contributed by atoms with Gasteiger partial charge in [0.15, 0.2) is 5.60 Å². The maximum absolute atomic E-state index is 14.3. The number of carbonyl (C=O) groups excluding carboxylic acids is 3. The normalized spacial score (nSPS) is 24.5. The van der Waals surface area contributed by atoms with E-state index in [4.69, 9.17) is 15.2 Å². The Morgan fingerprint density at radius 3 is 2.11 bits per heavy atom. The fraction of sp³-hybridized carbons (Fsp3) is 0.286. The molecular formula is C35H34N2O7. The molecule has 3 aliphatic rings. The highest BCUT2D eigenvalue weighted by Crippen LogP contribution is 2.52. The maximum Gasteiger partial charge on any atom is 0.255 e. The molecule has 0 radical (unpaired) electrons. The molecule has 0 spiro atoms. The number of ether oxygens (including phenoxy) is 2. The van der Waals surface area contributed by atoms with Gasteiger partial charge in [-0.05, 0) is 55.6 Å². The van der Waals surface area contributed by atoms with E-state index in [0.717, 1.165) is 16.7 Å². The number of rotatable bonds is 8. The summed E-state index contributed by atoms with van der Waals surface area (Å²) in [6, 6.07) is 23.4. The first-order chi connectivity index (χ1) is 21.1. The second-order valence-corrected chi connectivity index (χ2v) is 11.8. The molecule has 4 atom stereocenters. The minimum absolute atomic E-state index is 0.0308. The molecule has 9 heteroatoms. The number of likely N-dealkylation sites (N-methyl/N-ethyl adjacent to an activating group) is 1. The number of amides is 1. The molecule has 1 saturated carbocycles. The lowest BCUT2D eigenvalue weighted by atomic mass is 9.57. The van der Waals surface area contributed by atoms with Gasteiger partial charge in [-0.3, -0.25) is 19.3 Å². The van der Waals surface area contributed by atoms with Crippen LogP contribution in [0.5, 0.6) is 5.75 Å². The summed E-state index contributed by atoms with van der Waals surface area (Å²) in [7, 11) is 3.45. The largest absolute Gasteiger partial charge is 0.507 e. The van der Waals surface area contributed by atoms with Crippen molar-refractivity contribution in [3.63, 3.8) is 0 Å². The number of hydrogen-bond acceptors (Lipinski definition) is 8. The summed E-state index contributed by atoms with van der Waals surface area (Å²) in [6.07, 6.45) is 0.561. The molecule has 0 unspecified atom stereocenters. The van der Waals surface area contributed by atoms with Crippen molar-refractivity contribution in [2.45, 2.75) is 37.7 Å². The molecule has 0 saturated heterocycles. The first-order valence-corrected chi connectivity index (χ1v) is 14.5. The lowest BCUT2D eigenvalue weighted by molar-refractivity contribution is -0.162. The van der Waals surface area contributed by atoms with E-state index in [1.807, 2.05) is 72.8 Å². The third-order valence-corrected chi connectivity index (χ3v) is 8.89. The fourth-order valence-corrected chi connectivity index (χ4v) is 6.89. The number of ketones is 2. The van der Waals surface area contributed by atoms with Crippen LogP contribution in [0, 0.1) is 11.8 Å². The van der Waals surface area contributed by atoms with Gasteiger partial charge in [-0.15, -0.1) is 0 Å². The molecule has 3 aromatic carbocycles. The van der Waals surface area contributed by atoms with E-state index in [1.165, 1.54) is 0 Å². The van der Waals surface area contributed by atoms with Crippen molar-refractivity contribution < 1.29 is 34.1 Å². The van der Waals surface area contributed by atoms with Crippen molar-refractivity contribution in [1.82, 2.24) is 4.90 Å². The zero-order valence-corrected chi connectivity index (χ0v) is 24.5. The monoisotopic (exact) mass is 594 g/mol. The van der Waals surface area contributed by atoms with E-state index in [2.05, 4.69) is 0 Å². The lowest BCUT2D eigenvalue weighted by Gasteiger charge is -2.50. The Balaban J connectivity index is 1.41. The van der Waals surface area contributed by atoms with Crippen molar-refractivity contribution in [3.8, 4) is 5.75 Å². The van der Waals surface area contributed by atoms with E-state index in [1.54, 1.807) is 25.1 Å². The third-order valence-electron chi connectivity index (χ3n) is 8.89. The summed E-state index contributed by atoms with van der Waals surface area (Å²) in [5, 5.41) is 23.7. The molecule has 9 nitrogen and oxygen atoms in total. The second-order valence-electron chi connectivity index (χ2n) is 11.8. The van der Waals surface area contributed by atoms with Crippen LogP contribution < -0.4 is 10.5 Å². The van der Waals surface area contributed by atoms with Gasteiger partial charge in [-0.2, -0.15) is 0 Å². The average Bonchev–Trinajstić information content (AvgIpc) is 3.01. The summed E-state index contributed by atoms with van der Waals surface area (Å²) in [5.41, 5.74) is 5.37. The first kappa shape index (κ1) is 29.3. The minimum Gasteiger partial charge on any atom is -0.507 e. The molecular weight excluding hydrogens is 560 g/mol. The number of primary amides is 1. The predicted molar refractivity (Wildman–Crippen MR) is 162 cm³/mol. The highest BCUT2D eigenvalue weighted by molar-refractivity contribution is 6.33. The van der Waals surface area contributed by atoms with Gasteiger partial charge in [-0.1, -0.05) is 72.8 Å². The zero-order valence-electron chi connectivity index (χ0n) is 24.5. The van der Waals surface area contributed by atoms with E-state index in [-0.39, 0.29) is 36.7 Å². The molecule has 3 aromatic rings. The van der Waals surface area contributed by atoms with Crippen LogP contribution in [-0.2, 0) is 38.8 Å². The van der Waals surface area contributed by atoms with E-state index in [9.17, 15) is 24.6 Å². The predicted octanol–water partition coefficient (Wildman–Crippen LogP) is 3.50. The van der Waals surface area contributed by atoms with Crippen LogP contribution in [0.4, 0.5) is 0 Å². The van der Waals surface area contributed by atoms with Gasteiger partial charge in [0.2, 0.25) is 11.6 Å². The van der Waals surface area contributed by atoms with Gasteiger partial charge in [0, 0.05) is 11.5 Å². The Labute approximate surface area is 255 Å². The van der Waals surface area contributed by atoms with E-state index in [0.29, 0.717) is 17.7 Å². The number of hydrogen-bond donors (Lipinski definition) is 3. The summed E-state index contributed by atoms with van der Waals surface area (Å²) in [5.74, 6) is -4.53. The van der Waals surface area contributed by atoms with Crippen LogP contribution in [0.2, 0.25) is 0 Å². The summed E-state index contributed by atoms with van der Waals surface area (Å²) in [6.45, 7) is 0.295. The van der Waals surface area contributed by atoms with Crippen molar-refractivity contribution in [2.75, 3.05) is 14.1 Å². The van der Waals surface area contributed by atoms with Crippen molar-refractivity contribution in [3.05, 3.63) is 118 Å². The number of fused-ring (bicyclic) bond motifs is 3. The first-order valence-electron chi connectivity index (χ1n) is 14.5. The molecule has 44 heavy (non-hydrogen) atoms. The minimum atomic E-state index is -2.63. The molecule has 0 aromatic heterocycles. The standard InChI is InChI=1S/C35H34N2O7/c1-37(2)29-24-17-23-16-22-14-9-15-25(43-18-20-10-5-3-6-11-20)26(22)30(38)27(23)32(39)35(24,42)33(40)28(34(36)41)31(29)44-19-21-12-7-4-8-13-21/h3-15,23-24,29,38,42H,16-19H2,1-2H3,(H2,36,41)/t23-,24-,29-,35+/m0/s1. The average molecular weight is 595 g/mol. The van der Waals surface area contributed by atoms with E-state index < -0.39 is 46.5 Å². The zero-order chi connectivity index (χ0) is 31.2. The lowest BCUT2D eigenvalue weighted by Crippen LogP contribution is -2.67. The van der Waals surface area contributed by atoms with Gasteiger partial charge in [0.25, 0.3) is 5.91 Å². The number of aliphatic hydroxyl groups is 2. The summed E-state index contributed by atoms with van der Waals surface area (Å²) < 4.78 is 12.2. The SMILES string of the molecule is CN(C)[C@@H]1C(OCc2ccccc2)=C(C(N)=O)C(=O)[C@]2(O)C(=O)C3=C(O)c4c(cccc4OCc4ccccc4)C[C@H]3C[C@@H]12. The van der Waals surface area contributed by atoms with Crippen LogP contribution in [0.3, 0.4) is 0 Å². The third kappa shape index (κ3) is 4.78. The topological polar surface area (TPSA) is 139 Å². The molecule has 6 rings (SSSR count). The van der Waals surface area contributed by atoms with Gasteiger partial charge >= 0.3 is 0 Å². The molecule has 3 aliphatic carbocycles. The smallest absolute Gasteiger partial charge is 0.255 e. The Morgan fingerprint density at radius 1 is 0.909 bits per heavy atom. The van der Waals surface area contributed by atoms with Crippen LogP contribution in [0.25, 0.3) is 5.76 Å². The molecule has 1 fully saturated rings. The fourth-order valence-electron chi connectivity index (χ4n) is 6.89. The van der Waals surface area contributed by atoms with Crippen molar-refractivity contribution in [2.24, 2.45) is 17.6 Å². The maximum atomic E-state index is 14.3. The molecule has 0 heterocycles. The van der Waals surface area contributed by atoms with Crippen LogP contribution in [0.1, 0.15) is 28.7 Å². The highest BCUT2D eigenvalue weighted by Gasteiger charge is 2.65. The van der Waals surface area contributed by atoms with Crippen LogP contribution in [-0.4, -0.2) is 58.3 Å². The second kappa shape index (κ2) is 11.4. The Hall–Kier alpha value is -4.73. The molecule has 226 valence electrons. The van der Waals surface area contributed by atoms with Gasteiger partial charge in [-0.25, -0.2) is 0 Å². The quantitative estimate of drug-likeness (QED) is 0.266. The summed E-state index contributed by atoms with van der Waals surface area (Å²) >= 11 is 0. The number of nitrogens with zero attached hydrogens (tertiary/aromatic N) is 1. The number of Topliss-reactive ketones (excluding diaryl/α,β-unsaturated/α-hetero) is 2. The van der Waals surface area contributed by atoms with Crippen molar-refractivity contribution in [1.29, 1.82) is 0 Å². The molecule has 4 N–H and O–H groups in total. The Bertz CT molecular complexity index is 1700. The Morgan fingerprint density at radius 2 is 1.52 bits per heavy atom. The van der Waals surface area contributed by atoms with Crippen LogP contribution >= 0.6 is 0 Å². The Kier molecular flexibility index (Phi) is 7.61. The van der Waals surface area contributed by atoms with Gasteiger partial charge in [0.1, 0.15) is 36.1 Å². The van der Waals surface area contributed by atoms with E-state index >= 15 is 0 Å². The number of benzene rings is 3. The number of carbonyl (C=O) groups is 3. The van der Waals surface area contributed by atoms with Gasteiger partial charge < -0.3 is 25.4 Å². The number of nitrogens with two attached hydrogens (primary N) is 1.